The number of hydrogen-bond donors (Lipinski definition) is 1. The Bertz CT molecular complexity index is 1440. The second kappa shape index (κ2) is 12.8. The first-order chi connectivity index (χ1) is 22.4. The zero-order chi connectivity index (χ0) is 33.7. The maximum atomic E-state index is 14.3. The second-order valence-electron chi connectivity index (χ2n) is 15.0. The molecule has 3 fully saturated rings. The minimum Gasteiger partial charge on any atom is -0.381 e. The van der Waals surface area contributed by atoms with Crippen LogP contribution in [0, 0.1) is 28.6 Å². The van der Waals surface area contributed by atoms with Gasteiger partial charge in [0.2, 0.25) is 5.95 Å². The van der Waals surface area contributed by atoms with Gasteiger partial charge in [0, 0.05) is 69.3 Å². The molecule has 1 aliphatic heterocycles. The molecule has 0 bridgehead atoms. The first-order valence-corrected chi connectivity index (χ1v) is 18.2. The molecule has 5 aliphatic rings. The molecule has 6 atom stereocenters. The van der Waals surface area contributed by atoms with Crippen molar-refractivity contribution in [3.8, 4) is 0 Å². The summed E-state index contributed by atoms with van der Waals surface area (Å²) < 4.78 is 0. The Morgan fingerprint density at radius 1 is 1.02 bits per heavy atom. The van der Waals surface area contributed by atoms with Gasteiger partial charge in [-0.2, -0.15) is 9.97 Å². The van der Waals surface area contributed by atoms with E-state index in [1.807, 2.05) is 6.08 Å². The highest BCUT2D eigenvalue weighted by Crippen LogP contribution is 2.66. The predicted molar refractivity (Wildman–Crippen MR) is 189 cm³/mol. The molecule has 2 heterocycles. The van der Waals surface area contributed by atoms with Gasteiger partial charge in [-0.3, -0.25) is 14.5 Å². The molecule has 6 rings (SSSR count). The van der Waals surface area contributed by atoms with Crippen LogP contribution in [0.25, 0.3) is 0 Å². The number of rotatable bonds is 10. The van der Waals surface area contributed by atoms with Crippen molar-refractivity contribution in [2.45, 2.75) is 79.8 Å². The standard InChI is InChI=1S/C38H56N6O3/c1-8-42(9-2)33-24-34(40-35(39-33)43(10-3)11-4)44-20-18-41(19-21-44)25-32(46)38(47)26(5)22-31-29-13-12-27-23-28(45)14-16-36(27,6)30(29)15-17-37(31,38)7/h14-16,23-24,26,29,31,47H,8-13,17-22,25H2,1-7H3/t26-,29-,31+,36+,37+,38+/m1/s1. The van der Waals surface area contributed by atoms with Crippen LogP contribution in [0.5, 0.6) is 0 Å². The summed E-state index contributed by atoms with van der Waals surface area (Å²) >= 11 is 0. The van der Waals surface area contributed by atoms with Gasteiger partial charge in [0.15, 0.2) is 11.6 Å². The van der Waals surface area contributed by atoms with Crippen LogP contribution in [0.2, 0.25) is 0 Å². The zero-order valence-corrected chi connectivity index (χ0v) is 29.8. The SMILES string of the molecule is CCN(CC)c1cc(N2CCN(CC(=O)[C@@]3(O)[C@H](C)C[C@H]4[C@@H]5CCC6=CC(=O)C=C[C@]6(C)C5=CC[C@@]43C)CC2)nc(N(CC)CC)n1. The second-order valence-corrected chi connectivity index (χ2v) is 15.0. The molecular formula is C38H56N6O3. The first kappa shape index (κ1) is 33.8. The van der Waals surface area contributed by atoms with Gasteiger partial charge < -0.3 is 19.8 Å². The molecule has 4 aliphatic carbocycles. The molecule has 1 saturated heterocycles. The summed E-state index contributed by atoms with van der Waals surface area (Å²) in [6.45, 7) is 21.8. The van der Waals surface area contributed by atoms with Gasteiger partial charge in [-0.25, -0.2) is 0 Å². The van der Waals surface area contributed by atoms with E-state index in [1.54, 1.807) is 6.08 Å². The summed E-state index contributed by atoms with van der Waals surface area (Å²) in [6, 6.07) is 2.11. The maximum absolute atomic E-state index is 14.3. The molecule has 9 heteroatoms. The lowest BCUT2D eigenvalue weighted by molar-refractivity contribution is -0.159. The van der Waals surface area contributed by atoms with E-state index in [-0.39, 0.29) is 35.4 Å². The smallest absolute Gasteiger partial charge is 0.229 e. The number of allylic oxidation sites excluding steroid dienone is 6. The Hall–Kier alpha value is -3.04. The maximum Gasteiger partial charge on any atom is 0.229 e. The van der Waals surface area contributed by atoms with E-state index in [9.17, 15) is 14.7 Å². The molecule has 1 aromatic heterocycles. The number of aliphatic hydroxyl groups is 1. The largest absolute Gasteiger partial charge is 0.381 e. The van der Waals surface area contributed by atoms with E-state index in [0.717, 1.165) is 89.2 Å². The summed E-state index contributed by atoms with van der Waals surface area (Å²) in [6.07, 6.45) is 11.4. The average Bonchev–Trinajstić information content (AvgIpc) is 3.28. The lowest BCUT2D eigenvalue weighted by Crippen LogP contribution is -2.60. The van der Waals surface area contributed by atoms with Crippen LogP contribution >= 0.6 is 0 Å². The number of nitrogens with zero attached hydrogens (tertiary/aromatic N) is 6. The van der Waals surface area contributed by atoms with E-state index < -0.39 is 11.0 Å². The molecular weight excluding hydrogens is 588 g/mol. The van der Waals surface area contributed by atoms with E-state index in [2.05, 4.69) is 86.3 Å². The highest BCUT2D eigenvalue weighted by atomic mass is 16.3. The third kappa shape index (κ3) is 5.45. The zero-order valence-electron chi connectivity index (χ0n) is 29.8. The lowest BCUT2D eigenvalue weighted by Gasteiger charge is -2.54. The molecule has 0 amide bonds. The van der Waals surface area contributed by atoms with Crippen molar-refractivity contribution in [3.05, 3.63) is 41.5 Å². The Balaban J connectivity index is 1.17. The number of Topliss-reactive ketones (excluding diaryl/α,β-unsaturated/α-hetero) is 1. The van der Waals surface area contributed by atoms with Crippen LogP contribution in [0.3, 0.4) is 0 Å². The number of fused-ring (bicyclic) bond motifs is 5. The summed E-state index contributed by atoms with van der Waals surface area (Å²) in [5.74, 6) is 3.17. The average molecular weight is 645 g/mol. The van der Waals surface area contributed by atoms with Gasteiger partial charge in [0.1, 0.15) is 17.2 Å². The minimum atomic E-state index is -1.36. The third-order valence-corrected chi connectivity index (χ3v) is 12.8. The quantitative estimate of drug-likeness (QED) is 0.351. The number of carbonyl (C=O) groups excluding carboxylic acids is 2. The summed E-state index contributed by atoms with van der Waals surface area (Å²) in [4.78, 5) is 45.4. The van der Waals surface area contributed by atoms with Crippen LogP contribution < -0.4 is 14.7 Å². The lowest BCUT2D eigenvalue weighted by atomic mass is 9.51. The van der Waals surface area contributed by atoms with Gasteiger partial charge in [-0.05, 0) is 90.2 Å². The van der Waals surface area contributed by atoms with Gasteiger partial charge in [0.25, 0.3) is 0 Å². The Morgan fingerprint density at radius 3 is 2.36 bits per heavy atom. The molecule has 1 aromatic rings. The van der Waals surface area contributed by atoms with Crippen LogP contribution in [0.1, 0.15) is 74.1 Å². The van der Waals surface area contributed by atoms with E-state index in [0.29, 0.717) is 12.3 Å². The summed E-state index contributed by atoms with van der Waals surface area (Å²) in [5.41, 5.74) is 0.500. The molecule has 1 N–H and O–H groups in total. The topological polar surface area (TPSA) is 93.1 Å². The van der Waals surface area contributed by atoms with Gasteiger partial charge in [-0.1, -0.05) is 37.1 Å². The van der Waals surface area contributed by atoms with Gasteiger partial charge in [-0.15, -0.1) is 0 Å². The van der Waals surface area contributed by atoms with Crippen molar-refractivity contribution < 1.29 is 14.7 Å². The fraction of sp³-hybridized carbons (Fsp3) is 0.684. The van der Waals surface area contributed by atoms with Crippen molar-refractivity contribution in [1.29, 1.82) is 0 Å². The molecule has 2 saturated carbocycles. The van der Waals surface area contributed by atoms with E-state index in [4.69, 9.17) is 9.97 Å². The number of piperazine rings is 1. The molecule has 0 unspecified atom stereocenters. The van der Waals surface area contributed by atoms with E-state index >= 15 is 0 Å². The van der Waals surface area contributed by atoms with Crippen molar-refractivity contribution in [2.24, 2.45) is 28.6 Å². The Morgan fingerprint density at radius 2 is 1.70 bits per heavy atom. The fourth-order valence-corrected chi connectivity index (χ4v) is 9.85. The monoisotopic (exact) mass is 644 g/mol. The first-order valence-electron chi connectivity index (χ1n) is 18.2. The Labute approximate surface area is 281 Å². The third-order valence-electron chi connectivity index (χ3n) is 12.8. The van der Waals surface area contributed by atoms with Gasteiger partial charge >= 0.3 is 0 Å². The van der Waals surface area contributed by atoms with Crippen molar-refractivity contribution in [2.75, 3.05) is 73.6 Å². The van der Waals surface area contributed by atoms with Crippen LogP contribution in [0.4, 0.5) is 17.6 Å². The molecule has 0 radical (unpaired) electrons. The molecule has 47 heavy (non-hydrogen) atoms. The number of ketones is 2. The molecule has 0 aromatic carbocycles. The van der Waals surface area contributed by atoms with Gasteiger partial charge in [0.05, 0.1) is 6.54 Å². The van der Waals surface area contributed by atoms with Crippen LogP contribution in [-0.2, 0) is 9.59 Å². The van der Waals surface area contributed by atoms with Crippen molar-refractivity contribution in [1.82, 2.24) is 14.9 Å². The number of aromatic nitrogens is 2. The summed E-state index contributed by atoms with van der Waals surface area (Å²) in [7, 11) is 0. The number of carbonyl (C=O) groups is 2. The normalized spacial score (nSPS) is 33.5. The predicted octanol–water partition coefficient (Wildman–Crippen LogP) is 5.07. The number of anilines is 3. The minimum absolute atomic E-state index is 0.0271. The number of hydrogen-bond acceptors (Lipinski definition) is 9. The van der Waals surface area contributed by atoms with E-state index in [1.165, 1.54) is 11.1 Å². The van der Waals surface area contributed by atoms with Crippen LogP contribution in [-0.4, -0.2) is 96.0 Å². The highest BCUT2D eigenvalue weighted by molar-refractivity contribution is 6.01. The fourth-order valence-electron chi connectivity index (χ4n) is 9.85. The molecule has 9 nitrogen and oxygen atoms in total. The molecule has 0 spiro atoms. The van der Waals surface area contributed by atoms with Crippen molar-refractivity contribution in [3.63, 3.8) is 0 Å². The highest BCUT2D eigenvalue weighted by Gasteiger charge is 2.67. The molecule has 256 valence electrons. The Kier molecular flexibility index (Phi) is 9.20. The van der Waals surface area contributed by atoms with Crippen molar-refractivity contribution >= 4 is 29.2 Å². The summed E-state index contributed by atoms with van der Waals surface area (Å²) in [5, 5.41) is 12.5. The van der Waals surface area contributed by atoms with Crippen LogP contribution in [0.15, 0.2) is 41.5 Å².